The van der Waals surface area contributed by atoms with Crippen LogP contribution in [0.5, 0.6) is 0 Å². The molecular formula is C15H19Br2NO. The van der Waals surface area contributed by atoms with Crippen molar-refractivity contribution in [3.63, 3.8) is 0 Å². The van der Waals surface area contributed by atoms with Crippen LogP contribution in [-0.4, -0.2) is 23.4 Å². The number of carbonyl (C=O) groups is 1. The zero-order chi connectivity index (χ0) is 13.8. The normalized spacial score (nSPS) is 16.4. The van der Waals surface area contributed by atoms with Gasteiger partial charge >= 0.3 is 0 Å². The molecule has 0 unspecified atom stereocenters. The minimum Gasteiger partial charge on any atom is -0.336 e. The summed E-state index contributed by atoms with van der Waals surface area (Å²) >= 11 is 6.92. The van der Waals surface area contributed by atoms with Crippen molar-refractivity contribution in [3.05, 3.63) is 32.7 Å². The van der Waals surface area contributed by atoms with Crippen molar-refractivity contribution in [1.82, 2.24) is 4.90 Å². The minimum atomic E-state index is 0.141. The molecule has 19 heavy (non-hydrogen) atoms. The van der Waals surface area contributed by atoms with E-state index in [4.69, 9.17) is 0 Å². The average Bonchev–Trinajstić information content (AvgIpc) is 2.43. The van der Waals surface area contributed by atoms with Crippen molar-refractivity contribution in [3.8, 4) is 0 Å². The standard InChI is InChI=1S/C15H19Br2NO/c1-2-18(12-6-4-3-5-7-12)15(19)13-10-11(16)8-9-14(13)17/h8-10,12H,2-7H2,1H3. The number of carbonyl (C=O) groups excluding carboxylic acids is 1. The largest absolute Gasteiger partial charge is 0.336 e. The fraction of sp³-hybridized carbons (Fsp3) is 0.533. The predicted molar refractivity (Wildman–Crippen MR) is 85.4 cm³/mol. The summed E-state index contributed by atoms with van der Waals surface area (Å²) < 4.78 is 1.81. The van der Waals surface area contributed by atoms with E-state index in [0.717, 1.165) is 33.9 Å². The van der Waals surface area contributed by atoms with Gasteiger partial charge in [-0.05, 0) is 53.9 Å². The van der Waals surface area contributed by atoms with Crippen LogP contribution >= 0.6 is 31.9 Å². The second-order valence-corrected chi connectivity index (χ2v) is 6.78. The molecule has 1 amide bonds. The van der Waals surface area contributed by atoms with E-state index in [9.17, 15) is 4.79 Å². The molecule has 2 nitrogen and oxygen atoms in total. The lowest BCUT2D eigenvalue weighted by Gasteiger charge is -2.34. The lowest BCUT2D eigenvalue weighted by atomic mass is 9.93. The molecule has 4 heteroatoms. The van der Waals surface area contributed by atoms with E-state index < -0.39 is 0 Å². The highest BCUT2D eigenvalue weighted by molar-refractivity contribution is 9.11. The molecule has 0 spiro atoms. The van der Waals surface area contributed by atoms with Gasteiger partial charge in [-0.15, -0.1) is 0 Å². The first-order chi connectivity index (χ1) is 9.13. The predicted octanol–water partition coefficient (Wildman–Crippen LogP) is 5.01. The Morgan fingerprint density at radius 1 is 1.26 bits per heavy atom. The quantitative estimate of drug-likeness (QED) is 0.712. The van der Waals surface area contributed by atoms with Crippen LogP contribution in [0.4, 0.5) is 0 Å². The lowest BCUT2D eigenvalue weighted by molar-refractivity contribution is 0.0647. The summed E-state index contributed by atoms with van der Waals surface area (Å²) in [5, 5.41) is 0. The SMILES string of the molecule is CCN(C(=O)c1cc(Br)ccc1Br)C1CCCCC1. The lowest BCUT2D eigenvalue weighted by Crippen LogP contribution is -2.41. The highest BCUT2D eigenvalue weighted by Crippen LogP contribution is 2.27. The van der Waals surface area contributed by atoms with Crippen LogP contribution in [0.15, 0.2) is 27.1 Å². The average molecular weight is 389 g/mol. The van der Waals surface area contributed by atoms with Crippen LogP contribution < -0.4 is 0 Å². The van der Waals surface area contributed by atoms with E-state index in [1.54, 1.807) is 0 Å². The maximum Gasteiger partial charge on any atom is 0.255 e. The number of rotatable bonds is 3. The Balaban J connectivity index is 2.22. The Morgan fingerprint density at radius 2 is 1.95 bits per heavy atom. The number of nitrogens with zero attached hydrogens (tertiary/aromatic N) is 1. The van der Waals surface area contributed by atoms with Crippen molar-refractivity contribution in [1.29, 1.82) is 0 Å². The van der Waals surface area contributed by atoms with Gasteiger partial charge in [0.15, 0.2) is 0 Å². The monoisotopic (exact) mass is 387 g/mol. The zero-order valence-electron chi connectivity index (χ0n) is 11.2. The van der Waals surface area contributed by atoms with Crippen LogP contribution in [0.25, 0.3) is 0 Å². The van der Waals surface area contributed by atoms with E-state index in [1.165, 1.54) is 19.3 Å². The zero-order valence-corrected chi connectivity index (χ0v) is 14.3. The van der Waals surface area contributed by atoms with Gasteiger partial charge < -0.3 is 4.90 Å². The fourth-order valence-corrected chi connectivity index (χ4v) is 3.55. The van der Waals surface area contributed by atoms with Crippen LogP contribution in [0.2, 0.25) is 0 Å². The minimum absolute atomic E-state index is 0.141. The van der Waals surface area contributed by atoms with Gasteiger partial charge in [0, 0.05) is 21.5 Å². The molecule has 0 heterocycles. The summed E-state index contributed by atoms with van der Waals surface area (Å²) in [5.74, 6) is 0.141. The van der Waals surface area contributed by atoms with Crippen molar-refractivity contribution >= 4 is 37.8 Å². The smallest absolute Gasteiger partial charge is 0.255 e. The fourth-order valence-electron chi connectivity index (χ4n) is 2.78. The Labute approximate surface area is 131 Å². The summed E-state index contributed by atoms with van der Waals surface area (Å²) in [5.41, 5.74) is 0.752. The van der Waals surface area contributed by atoms with E-state index in [0.29, 0.717) is 6.04 Å². The van der Waals surface area contributed by atoms with E-state index in [2.05, 4.69) is 38.8 Å². The van der Waals surface area contributed by atoms with Gasteiger partial charge in [-0.3, -0.25) is 4.79 Å². The van der Waals surface area contributed by atoms with E-state index in [1.807, 2.05) is 23.1 Å². The molecule has 2 rings (SSSR count). The van der Waals surface area contributed by atoms with Crippen molar-refractivity contribution < 1.29 is 4.79 Å². The maximum atomic E-state index is 12.7. The first-order valence-electron chi connectivity index (χ1n) is 6.89. The molecular weight excluding hydrogens is 370 g/mol. The molecule has 1 aromatic carbocycles. The maximum absolute atomic E-state index is 12.7. The third kappa shape index (κ3) is 3.60. The van der Waals surface area contributed by atoms with Crippen molar-refractivity contribution in [2.75, 3.05) is 6.54 Å². The molecule has 0 radical (unpaired) electrons. The summed E-state index contributed by atoms with van der Waals surface area (Å²) in [6.07, 6.45) is 6.08. The van der Waals surface area contributed by atoms with Crippen LogP contribution in [0.3, 0.4) is 0 Å². The number of halogens is 2. The van der Waals surface area contributed by atoms with Gasteiger partial charge in [0.25, 0.3) is 5.91 Å². The van der Waals surface area contributed by atoms with Gasteiger partial charge in [0.1, 0.15) is 0 Å². The molecule has 1 aliphatic rings. The van der Waals surface area contributed by atoms with Crippen molar-refractivity contribution in [2.24, 2.45) is 0 Å². The number of amides is 1. The second kappa shape index (κ2) is 6.89. The number of hydrogen-bond acceptors (Lipinski definition) is 1. The highest BCUT2D eigenvalue weighted by Gasteiger charge is 2.26. The van der Waals surface area contributed by atoms with E-state index >= 15 is 0 Å². The Hall–Kier alpha value is -0.350. The van der Waals surface area contributed by atoms with Gasteiger partial charge in [0.2, 0.25) is 0 Å². The third-order valence-electron chi connectivity index (χ3n) is 3.78. The summed E-state index contributed by atoms with van der Waals surface area (Å²) in [6.45, 7) is 2.85. The van der Waals surface area contributed by atoms with Gasteiger partial charge in [-0.25, -0.2) is 0 Å². The number of benzene rings is 1. The first kappa shape index (κ1) is 15.0. The topological polar surface area (TPSA) is 20.3 Å². The molecule has 0 aromatic heterocycles. The molecule has 104 valence electrons. The van der Waals surface area contributed by atoms with Gasteiger partial charge in [-0.1, -0.05) is 35.2 Å². The third-order valence-corrected chi connectivity index (χ3v) is 4.96. The van der Waals surface area contributed by atoms with Crippen molar-refractivity contribution in [2.45, 2.75) is 45.1 Å². The molecule has 1 aromatic rings. The summed E-state index contributed by atoms with van der Waals surface area (Å²) in [4.78, 5) is 14.8. The highest BCUT2D eigenvalue weighted by atomic mass is 79.9. The second-order valence-electron chi connectivity index (χ2n) is 5.01. The number of hydrogen-bond donors (Lipinski definition) is 0. The molecule has 1 saturated carbocycles. The molecule has 0 saturated heterocycles. The summed E-state index contributed by atoms with van der Waals surface area (Å²) in [7, 11) is 0. The molecule has 1 fully saturated rings. The Kier molecular flexibility index (Phi) is 5.46. The van der Waals surface area contributed by atoms with Gasteiger partial charge in [-0.2, -0.15) is 0 Å². The Bertz CT molecular complexity index is 455. The molecule has 0 bridgehead atoms. The van der Waals surface area contributed by atoms with Crippen LogP contribution in [0.1, 0.15) is 49.4 Å². The van der Waals surface area contributed by atoms with Crippen LogP contribution in [-0.2, 0) is 0 Å². The molecule has 1 aliphatic carbocycles. The molecule has 0 N–H and O–H groups in total. The van der Waals surface area contributed by atoms with E-state index in [-0.39, 0.29) is 5.91 Å². The van der Waals surface area contributed by atoms with Crippen LogP contribution in [0, 0.1) is 0 Å². The Morgan fingerprint density at radius 3 is 2.58 bits per heavy atom. The summed E-state index contributed by atoms with van der Waals surface area (Å²) in [6, 6.07) is 6.18. The molecule has 0 atom stereocenters. The first-order valence-corrected chi connectivity index (χ1v) is 8.48. The molecule has 0 aliphatic heterocycles. The van der Waals surface area contributed by atoms with Gasteiger partial charge in [0.05, 0.1) is 5.56 Å².